The topological polar surface area (TPSA) is 29.9 Å². The Morgan fingerprint density at radius 3 is 2.87 bits per heavy atom. The average molecular weight is 207 g/mol. The molecule has 0 atom stereocenters. The molecule has 0 spiro atoms. The SMILES string of the molecule is Cc1nn(C)cc1CNCCC1CCC1. The Labute approximate surface area is 91.9 Å². The van der Waals surface area contributed by atoms with Crippen molar-refractivity contribution in [2.45, 2.75) is 39.2 Å². The molecule has 1 heterocycles. The molecule has 0 aliphatic heterocycles. The maximum atomic E-state index is 4.33. The van der Waals surface area contributed by atoms with Gasteiger partial charge in [0.15, 0.2) is 0 Å². The van der Waals surface area contributed by atoms with Crippen LogP contribution in [0.15, 0.2) is 6.20 Å². The minimum Gasteiger partial charge on any atom is -0.313 e. The lowest BCUT2D eigenvalue weighted by Gasteiger charge is -2.25. The zero-order valence-electron chi connectivity index (χ0n) is 9.79. The van der Waals surface area contributed by atoms with Gasteiger partial charge in [0.1, 0.15) is 0 Å². The number of rotatable bonds is 5. The minimum absolute atomic E-state index is 0.965. The van der Waals surface area contributed by atoms with Crippen LogP contribution >= 0.6 is 0 Å². The lowest BCUT2D eigenvalue weighted by Crippen LogP contribution is -2.21. The summed E-state index contributed by atoms with van der Waals surface area (Å²) in [5.74, 6) is 1.01. The monoisotopic (exact) mass is 207 g/mol. The van der Waals surface area contributed by atoms with E-state index < -0.39 is 0 Å². The summed E-state index contributed by atoms with van der Waals surface area (Å²) >= 11 is 0. The molecule has 1 aromatic heterocycles. The van der Waals surface area contributed by atoms with Gasteiger partial charge in [-0.25, -0.2) is 0 Å². The molecule has 0 unspecified atom stereocenters. The Morgan fingerprint density at radius 2 is 2.33 bits per heavy atom. The molecule has 3 nitrogen and oxygen atoms in total. The number of hydrogen-bond donors (Lipinski definition) is 1. The summed E-state index contributed by atoms with van der Waals surface area (Å²) < 4.78 is 1.89. The van der Waals surface area contributed by atoms with Gasteiger partial charge in [0, 0.05) is 25.4 Å². The maximum Gasteiger partial charge on any atom is 0.0638 e. The normalized spacial score (nSPS) is 16.7. The molecule has 0 amide bonds. The van der Waals surface area contributed by atoms with E-state index in [0.29, 0.717) is 0 Å². The second kappa shape index (κ2) is 4.79. The molecular formula is C12H21N3. The number of aryl methyl sites for hydroxylation is 2. The molecule has 2 rings (SSSR count). The van der Waals surface area contributed by atoms with Crippen LogP contribution in [0.3, 0.4) is 0 Å². The van der Waals surface area contributed by atoms with E-state index in [1.807, 2.05) is 11.7 Å². The Balaban J connectivity index is 1.66. The van der Waals surface area contributed by atoms with E-state index in [1.165, 1.54) is 31.2 Å². The highest BCUT2D eigenvalue weighted by Crippen LogP contribution is 2.28. The quantitative estimate of drug-likeness (QED) is 0.748. The summed E-state index contributed by atoms with van der Waals surface area (Å²) in [6.07, 6.45) is 7.80. The third-order valence-corrected chi connectivity index (χ3v) is 3.38. The van der Waals surface area contributed by atoms with Crippen molar-refractivity contribution in [3.8, 4) is 0 Å². The van der Waals surface area contributed by atoms with E-state index in [4.69, 9.17) is 0 Å². The zero-order chi connectivity index (χ0) is 10.7. The average Bonchev–Trinajstić information content (AvgIpc) is 2.42. The molecule has 1 saturated carbocycles. The van der Waals surface area contributed by atoms with Gasteiger partial charge in [-0.1, -0.05) is 19.3 Å². The minimum atomic E-state index is 0.965. The Bertz CT molecular complexity index is 313. The highest BCUT2D eigenvalue weighted by atomic mass is 15.2. The van der Waals surface area contributed by atoms with Gasteiger partial charge in [0.25, 0.3) is 0 Å². The number of aromatic nitrogens is 2. The van der Waals surface area contributed by atoms with Crippen molar-refractivity contribution in [2.24, 2.45) is 13.0 Å². The first-order chi connectivity index (χ1) is 7.25. The van der Waals surface area contributed by atoms with Crippen molar-refractivity contribution in [2.75, 3.05) is 6.54 Å². The summed E-state index contributed by atoms with van der Waals surface area (Å²) in [5.41, 5.74) is 2.47. The van der Waals surface area contributed by atoms with Crippen molar-refractivity contribution in [3.63, 3.8) is 0 Å². The van der Waals surface area contributed by atoms with Crippen LogP contribution in [0.4, 0.5) is 0 Å². The van der Waals surface area contributed by atoms with Crippen LogP contribution in [0.1, 0.15) is 36.9 Å². The van der Waals surface area contributed by atoms with E-state index in [2.05, 4.69) is 23.5 Å². The van der Waals surface area contributed by atoms with Gasteiger partial charge in [-0.2, -0.15) is 5.10 Å². The van der Waals surface area contributed by atoms with Crippen LogP contribution in [-0.2, 0) is 13.6 Å². The summed E-state index contributed by atoms with van der Waals surface area (Å²) in [6.45, 7) is 4.19. The van der Waals surface area contributed by atoms with Crippen LogP contribution in [0.5, 0.6) is 0 Å². The summed E-state index contributed by atoms with van der Waals surface area (Å²) in [4.78, 5) is 0. The van der Waals surface area contributed by atoms with E-state index >= 15 is 0 Å². The number of nitrogens with zero attached hydrogens (tertiary/aromatic N) is 2. The van der Waals surface area contributed by atoms with E-state index in [1.54, 1.807) is 0 Å². The molecular weight excluding hydrogens is 186 g/mol. The molecule has 1 aliphatic rings. The summed E-state index contributed by atoms with van der Waals surface area (Å²) in [6, 6.07) is 0. The lowest BCUT2D eigenvalue weighted by atomic mass is 9.83. The van der Waals surface area contributed by atoms with Crippen LogP contribution in [0, 0.1) is 12.8 Å². The Kier molecular flexibility index (Phi) is 3.41. The molecule has 3 heteroatoms. The molecule has 1 aliphatic carbocycles. The van der Waals surface area contributed by atoms with Gasteiger partial charge < -0.3 is 5.32 Å². The third kappa shape index (κ3) is 2.81. The molecule has 1 N–H and O–H groups in total. The van der Waals surface area contributed by atoms with E-state index in [0.717, 1.165) is 24.7 Å². The van der Waals surface area contributed by atoms with E-state index in [-0.39, 0.29) is 0 Å². The molecule has 1 fully saturated rings. The van der Waals surface area contributed by atoms with Gasteiger partial charge in [-0.05, 0) is 25.8 Å². The molecule has 0 bridgehead atoms. The molecule has 84 valence electrons. The summed E-state index contributed by atoms with van der Waals surface area (Å²) in [5, 5.41) is 7.83. The molecule has 15 heavy (non-hydrogen) atoms. The first kappa shape index (κ1) is 10.7. The first-order valence-electron chi connectivity index (χ1n) is 5.95. The van der Waals surface area contributed by atoms with Gasteiger partial charge in [0.05, 0.1) is 5.69 Å². The van der Waals surface area contributed by atoms with E-state index in [9.17, 15) is 0 Å². The van der Waals surface area contributed by atoms with Gasteiger partial charge in [0.2, 0.25) is 0 Å². The van der Waals surface area contributed by atoms with Crippen molar-refractivity contribution < 1.29 is 0 Å². The van der Waals surface area contributed by atoms with Gasteiger partial charge >= 0.3 is 0 Å². The fourth-order valence-corrected chi connectivity index (χ4v) is 2.13. The molecule has 0 aromatic carbocycles. The number of nitrogens with one attached hydrogen (secondary N) is 1. The van der Waals surface area contributed by atoms with Crippen LogP contribution in [0.25, 0.3) is 0 Å². The van der Waals surface area contributed by atoms with Crippen molar-refractivity contribution in [3.05, 3.63) is 17.5 Å². The maximum absolute atomic E-state index is 4.33. The predicted octanol–water partition coefficient (Wildman–Crippen LogP) is 2.01. The van der Waals surface area contributed by atoms with Gasteiger partial charge in [-0.3, -0.25) is 4.68 Å². The predicted molar refractivity (Wildman–Crippen MR) is 61.6 cm³/mol. The fourth-order valence-electron chi connectivity index (χ4n) is 2.13. The highest BCUT2D eigenvalue weighted by Gasteiger charge is 2.16. The largest absolute Gasteiger partial charge is 0.313 e. The van der Waals surface area contributed by atoms with Crippen molar-refractivity contribution in [1.29, 1.82) is 0 Å². The fraction of sp³-hybridized carbons (Fsp3) is 0.750. The van der Waals surface area contributed by atoms with Gasteiger partial charge in [-0.15, -0.1) is 0 Å². The Hall–Kier alpha value is -0.830. The highest BCUT2D eigenvalue weighted by molar-refractivity contribution is 5.14. The molecule has 0 radical (unpaired) electrons. The Morgan fingerprint density at radius 1 is 1.53 bits per heavy atom. The lowest BCUT2D eigenvalue weighted by molar-refractivity contribution is 0.292. The second-order valence-corrected chi connectivity index (χ2v) is 4.68. The van der Waals surface area contributed by atoms with Crippen LogP contribution in [0.2, 0.25) is 0 Å². The first-order valence-corrected chi connectivity index (χ1v) is 5.95. The van der Waals surface area contributed by atoms with Crippen LogP contribution in [-0.4, -0.2) is 16.3 Å². The smallest absolute Gasteiger partial charge is 0.0638 e. The second-order valence-electron chi connectivity index (χ2n) is 4.68. The van der Waals surface area contributed by atoms with Crippen LogP contribution < -0.4 is 5.32 Å². The third-order valence-electron chi connectivity index (χ3n) is 3.38. The number of hydrogen-bond acceptors (Lipinski definition) is 2. The molecule has 1 aromatic rings. The van der Waals surface area contributed by atoms with Crippen molar-refractivity contribution >= 4 is 0 Å². The summed E-state index contributed by atoms with van der Waals surface area (Å²) in [7, 11) is 1.98. The zero-order valence-corrected chi connectivity index (χ0v) is 9.79. The molecule has 0 saturated heterocycles. The van der Waals surface area contributed by atoms with Crippen molar-refractivity contribution in [1.82, 2.24) is 15.1 Å². The standard InChI is InChI=1S/C12H21N3/c1-10-12(9-15(2)14-10)8-13-7-6-11-4-3-5-11/h9,11,13H,3-8H2,1-2H3.